The molecular formula is C9H18BNO. The van der Waals surface area contributed by atoms with Crippen molar-refractivity contribution < 1.29 is 5.02 Å². The highest BCUT2D eigenvalue weighted by atomic mass is 16.2. The van der Waals surface area contributed by atoms with Crippen LogP contribution in [0.1, 0.15) is 25.7 Å². The normalized spacial score (nSPS) is 24.3. The number of hydrogen-bond acceptors (Lipinski definition) is 2. The van der Waals surface area contributed by atoms with Crippen LogP contribution in [0.25, 0.3) is 0 Å². The summed E-state index contributed by atoms with van der Waals surface area (Å²) in [5.41, 5.74) is 0. The molecule has 3 heteroatoms. The Morgan fingerprint density at radius 1 is 1.75 bits per heavy atom. The molecule has 1 heterocycles. The lowest BCUT2D eigenvalue weighted by Crippen LogP contribution is -2.40. The zero-order valence-electron chi connectivity index (χ0n) is 7.87. The molecular weight excluding hydrogens is 149 g/mol. The Kier molecular flexibility index (Phi) is 3.82. The summed E-state index contributed by atoms with van der Waals surface area (Å²) in [4.78, 5) is 2.18. The van der Waals surface area contributed by atoms with E-state index in [1.807, 2.05) is 12.9 Å². The molecule has 0 aromatic carbocycles. The summed E-state index contributed by atoms with van der Waals surface area (Å²) in [7, 11) is -0.276. The van der Waals surface area contributed by atoms with E-state index in [-0.39, 0.29) is 7.05 Å². The molecule has 1 fully saturated rings. The molecule has 1 rings (SSSR count). The van der Waals surface area contributed by atoms with Crippen LogP contribution >= 0.6 is 0 Å². The molecule has 0 amide bonds. The molecule has 12 heavy (non-hydrogen) atoms. The average Bonchev–Trinajstić information content (AvgIpc) is 2.48. The van der Waals surface area contributed by atoms with Crippen LogP contribution in [0.3, 0.4) is 0 Å². The molecule has 0 saturated carbocycles. The van der Waals surface area contributed by atoms with E-state index >= 15 is 0 Å². The summed E-state index contributed by atoms with van der Waals surface area (Å²) in [5.74, 6) is 0. The van der Waals surface area contributed by atoms with Crippen molar-refractivity contribution in [2.45, 2.75) is 38.5 Å². The summed E-state index contributed by atoms with van der Waals surface area (Å²) >= 11 is 0. The van der Waals surface area contributed by atoms with Crippen molar-refractivity contribution in [3.05, 3.63) is 12.7 Å². The second-order valence-electron chi connectivity index (χ2n) is 3.53. The van der Waals surface area contributed by atoms with E-state index in [2.05, 4.69) is 11.4 Å². The average molecular weight is 167 g/mol. The molecule has 0 spiro atoms. The zero-order valence-corrected chi connectivity index (χ0v) is 7.87. The van der Waals surface area contributed by atoms with Crippen molar-refractivity contribution in [3.8, 4) is 0 Å². The van der Waals surface area contributed by atoms with Gasteiger partial charge in [-0.2, -0.15) is 0 Å². The van der Waals surface area contributed by atoms with Crippen LogP contribution in [0.5, 0.6) is 0 Å². The first-order valence-electron chi connectivity index (χ1n) is 4.80. The first-order chi connectivity index (χ1) is 5.75. The van der Waals surface area contributed by atoms with Crippen LogP contribution in [-0.2, 0) is 0 Å². The summed E-state index contributed by atoms with van der Waals surface area (Å²) in [6.07, 6.45) is 6.63. The van der Waals surface area contributed by atoms with Crippen LogP contribution in [0.2, 0.25) is 6.82 Å². The quantitative estimate of drug-likeness (QED) is 0.506. The minimum atomic E-state index is -0.276. The number of rotatable bonds is 4. The van der Waals surface area contributed by atoms with Gasteiger partial charge in [-0.3, -0.25) is 0 Å². The number of nitrogens with zero attached hydrogens (tertiary/aromatic N) is 1. The van der Waals surface area contributed by atoms with E-state index in [4.69, 9.17) is 0 Å². The minimum Gasteiger partial charge on any atom is -0.437 e. The SMILES string of the molecule is C=CCCC1CCCN1B(C)O. The fourth-order valence-corrected chi connectivity index (χ4v) is 1.97. The molecule has 68 valence electrons. The smallest absolute Gasteiger partial charge is 0.376 e. The summed E-state index contributed by atoms with van der Waals surface area (Å²) < 4.78 is 0. The predicted octanol–water partition coefficient (Wildman–Crippen LogP) is 1.53. The van der Waals surface area contributed by atoms with Gasteiger partial charge in [0.1, 0.15) is 0 Å². The Bertz CT molecular complexity index is 149. The fourth-order valence-electron chi connectivity index (χ4n) is 1.97. The van der Waals surface area contributed by atoms with Crippen LogP contribution in [0.15, 0.2) is 12.7 Å². The number of allylic oxidation sites excluding steroid dienone is 1. The highest BCUT2D eigenvalue weighted by Gasteiger charge is 2.28. The molecule has 1 atom stereocenters. The van der Waals surface area contributed by atoms with Crippen molar-refractivity contribution in [1.82, 2.24) is 4.81 Å². The molecule has 1 N–H and O–H groups in total. The topological polar surface area (TPSA) is 23.5 Å². The third kappa shape index (κ3) is 2.36. The van der Waals surface area contributed by atoms with Crippen molar-refractivity contribution >= 4 is 7.05 Å². The Morgan fingerprint density at radius 2 is 2.50 bits per heavy atom. The van der Waals surface area contributed by atoms with E-state index in [9.17, 15) is 5.02 Å². The predicted molar refractivity (Wildman–Crippen MR) is 53.0 cm³/mol. The van der Waals surface area contributed by atoms with E-state index in [0.29, 0.717) is 6.04 Å². The van der Waals surface area contributed by atoms with Gasteiger partial charge in [0.2, 0.25) is 0 Å². The summed E-state index contributed by atoms with van der Waals surface area (Å²) in [5, 5.41) is 9.42. The lowest BCUT2D eigenvalue weighted by molar-refractivity contribution is 0.332. The van der Waals surface area contributed by atoms with E-state index in [1.165, 1.54) is 12.8 Å². The molecule has 0 radical (unpaired) electrons. The molecule has 0 bridgehead atoms. The minimum absolute atomic E-state index is 0.276. The lowest BCUT2D eigenvalue weighted by Gasteiger charge is -2.24. The molecule has 1 saturated heterocycles. The second kappa shape index (κ2) is 4.68. The Hall–Kier alpha value is -0.275. The molecule has 2 nitrogen and oxygen atoms in total. The summed E-state index contributed by atoms with van der Waals surface area (Å²) in [6, 6.07) is 0.586. The first-order valence-corrected chi connectivity index (χ1v) is 4.80. The molecule has 1 aliphatic rings. The fraction of sp³-hybridized carbons (Fsp3) is 0.778. The van der Waals surface area contributed by atoms with Crippen molar-refractivity contribution in [3.63, 3.8) is 0 Å². The molecule has 1 aliphatic heterocycles. The second-order valence-corrected chi connectivity index (χ2v) is 3.53. The highest BCUT2D eigenvalue weighted by Crippen LogP contribution is 2.21. The van der Waals surface area contributed by atoms with E-state index < -0.39 is 0 Å². The van der Waals surface area contributed by atoms with Crippen LogP contribution in [-0.4, -0.2) is 29.5 Å². The molecule has 1 unspecified atom stereocenters. The van der Waals surface area contributed by atoms with Crippen molar-refractivity contribution in [1.29, 1.82) is 0 Å². The van der Waals surface area contributed by atoms with Gasteiger partial charge in [0, 0.05) is 6.04 Å². The van der Waals surface area contributed by atoms with Crippen LogP contribution < -0.4 is 0 Å². The van der Waals surface area contributed by atoms with Crippen LogP contribution in [0, 0.1) is 0 Å². The maximum absolute atomic E-state index is 9.42. The van der Waals surface area contributed by atoms with Crippen molar-refractivity contribution in [2.75, 3.05) is 6.54 Å². The maximum atomic E-state index is 9.42. The monoisotopic (exact) mass is 167 g/mol. The van der Waals surface area contributed by atoms with Gasteiger partial charge >= 0.3 is 7.05 Å². The van der Waals surface area contributed by atoms with E-state index in [0.717, 1.165) is 19.4 Å². The van der Waals surface area contributed by atoms with Gasteiger partial charge in [-0.1, -0.05) is 6.08 Å². The van der Waals surface area contributed by atoms with Gasteiger partial charge in [-0.15, -0.1) is 6.58 Å². The van der Waals surface area contributed by atoms with Gasteiger partial charge in [-0.05, 0) is 39.1 Å². The van der Waals surface area contributed by atoms with Gasteiger partial charge in [0.25, 0.3) is 0 Å². The Balaban J connectivity index is 2.35. The Labute approximate surface area is 75.4 Å². The number of hydrogen-bond donors (Lipinski definition) is 1. The molecule has 0 aromatic heterocycles. The largest absolute Gasteiger partial charge is 0.437 e. The standard InChI is InChI=1S/C9H18BNO/c1-3-4-6-9-7-5-8-11(9)10(2)12/h3,9,12H,1,4-8H2,2H3. The third-order valence-corrected chi connectivity index (χ3v) is 2.61. The lowest BCUT2D eigenvalue weighted by atomic mass is 9.83. The van der Waals surface area contributed by atoms with Gasteiger partial charge in [0.15, 0.2) is 0 Å². The maximum Gasteiger partial charge on any atom is 0.376 e. The third-order valence-electron chi connectivity index (χ3n) is 2.61. The summed E-state index contributed by atoms with van der Waals surface area (Å²) in [6.45, 7) is 6.62. The highest BCUT2D eigenvalue weighted by molar-refractivity contribution is 6.45. The molecule has 0 aromatic rings. The molecule has 0 aliphatic carbocycles. The Morgan fingerprint density at radius 3 is 3.08 bits per heavy atom. The van der Waals surface area contributed by atoms with Gasteiger partial charge in [0.05, 0.1) is 0 Å². The first kappa shape index (κ1) is 9.81. The van der Waals surface area contributed by atoms with E-state index in [1.54, 1.807) is 0 Å². The zero-order chi connectivity index (χ0) is 8.97. The van der Waals surface area contributed by atoms with Gasteiger partial charge in [-0.25, -0.2) is 0 Å². The van der Waals surface area contributed by atoms with Gasteiger partial charge < -0.3 is 9.83 Å². The van der Waals surface area contributed by atoms with Crippen molar-refractivity contribution in [2.24, 2.45) is 0 Å². The van der Waals surface area contributed by atoms with Crippen LogP contribution in [0.4, 0.5) is 0 Å².